The number of benzene rings is 1. The molecule has 2 nitrogen and oxygen atoms in total. The summed E-state index contributed by atoms with van der Waals surface area (Å²) in [4.78, 5) is 4.53. The summed E-state index contributed by atoms with van der Waals surface area (Å²) in [7, 11) is 0. The smallest absolute Gasteiger partial charge is 0.106 e. The Morgan fingerprint density at radius 1 is 1.31 bits per heavy atom. The van der Waals surface area contributed by atoms with Gasteiger partial charge in [0.15, 0.2) is 0 Å². The SMILES string of the molecule is CCNCC#CCc1nc2ccccc2s1. The highest BCUT2D eigenvalue weighted by molar-refractivity contribution is 7.18. The molecular weight excluding hydrogens is 216 g/mol. The third-order valence-corrected chi connectivity index (χ3v) is 3.20. The van der Waals surface area contributed by atoms with Gasteiger partial charge < -0.3 is 5.32 Å². The Balaban J connectivity index is 2.01. The van der Waals surface area contributed by atoms with Crippen molar-refractivity contribution in [2.24, 2.45) is 0 Å². The van der Waals surface area contributed by atoms with Gasteiger partial charge in [-0.25, -0.2) is 4.98 Å². The minimum absolute atomic E-state index is 0.755. The third-order valence-electron chi connectivity index (χ3n) is 2.17. The molecule has 0 bridgehead atoms. The number of thiazole rings is 1. The Morgan fingerprint density at radius 3 is 3.00 bits per heavy atom. The summed E-state index contributed by atoms with van der Waals surface area (Å²) < 4.78 is 1.24. The summed E-state index contributed by atoms with van der Waals surface area (Å²) in [6.07, 6.45) is 0.755. The van der Waals surface area contributed by atoms with E-state index in [1.54, 1.807) is 11.3 Å². The molecule has 0 saturated heterocycles. The standard InChI is InChI=1S/C13H14N2S/c1-2-14-10-6-5-9-13-15-11-7-3-4-8-12(11)16-13/h3-4,7-8,14H,2,9-10H2,1H3. The second-order valence-corrected chi connectivity index (χ2v) is 4.50. The van der Waals surface area contributed by atoms with Crippen LogP contribution in [0, 0.1) is 11.8 Å². The molecule has 0 radical (unpaired) electrons. The molecule has 0 aliphatic heterocycles. The van der Waals surface area contributed by atoms with E-state index >= 15 is 0 Å². The molecule has 0 unspecified atom stereocenters. The predicted octanol–water partition coefficient (Wildman–Crippen LogP) is 2.45. The van der Waals surface area contributed by atoms with Crippen LogP contribution >= 0.6 is 11.3 Å². The number of nitrogens with one attached hydrogen (secondary N) is 1. The highest BCUT2D eigenvalue weighted by Gasteiger charge is 2.00. The van der Waals surface area contributed by atoms with Gasteiger partial charge in [0.05, 0.1) is 23.2 Å². The lowest BCUT2D eigenvalue weighted by molar-refractivity contribution is 0.810. The Bertz CT molecular complexity index is 486. The van der Waals surface area contributed by atoms with Crippen LogP contribution < -0.4 is 5.32 Å². The minimum Gasteiger partial charge on any atom is -0.307 e. The first-order valence-electron chi connectivity index (χ1n) is 5.41. The number of rotatable bonds is 3. The molecule has 3 heteroatoms. The van der Waals surface area contributed by atoms with Gasteiger partial charge in [0.2, 0.25) is 0 Å². The monoisotopic (exact) mass is 230 g/mol. The Kier molecular flexibility index (Phi) is 3.92. The quantitative estimate of drug-likeness (QED) is 0.647. The molecule has 0 fully saturated rings. The molecule has 82 valence electrons. The van der Waals surface area contributed by atoms with Crippen LogP contribution in [0.4, 0.5) is 0 Å². The number of hydrogen-bond donors (Lipinski definition) is 1. The number of para-hydroxylation sites is 1. The Morgan fingerprint density at radius 2 is 2.19 bits per heavy atom. The van der Waals surface area contributed by atoms with Gasteiger partial charge in [-0.2, -0.15) is 0 Å². The van der Waals surface area contributed by atoms with Crippen molar-refractivity contribution in [2.45, 2.75) is 13.3 Å². The van der Waals surface area contributed by atoms with Gasteiger partial charge in [-0.05, 0) is 18.7 Å². The maximum Gasteiger partial charge on any atom is 0.106 e. The van der Waals surface area contributed by atoms with Crippen molar-refractivity contribution < 1.29 is 0 Å². The van der Waals surface area contributed by atoms with Crippen LogP contribution in [0.2, 0.25) is 0 Å². The minimum atomic E-state index is 0.755. The molecule has 0 spiro atoms. The maximum atomic E-state index is 4.53. The average molecular weight is 230 g/mol. The van der Waals surface area contributed by atoms with E-state index in [0.717, 1.165) is 30.0 Å². The summed E-state index contributed by atoms with van der Waals surface area (Å²) in [6, 6.07) is 8.20. The summed E-state index contributed by atoms with van der Waals surface area (Å²) in [5, 5.41) is 4.27. The normalized spacial score (nSPS) is 10.1. The molecule has 1 aromatic carbocycles. The van der Waals surface area contributed by atoms with Crippen LogP contribution in [0.5, 0.6) is 0 Å². The first-order chi connectivity index (χ1) is 7.90. The predicted molar refractivity (Wildman–Crippen MR) is 69.6 cm³/mol. The van der Waals surface area contributed by atoms with Crippen LogP contribution in [0.3, 0.4) is 0 Å². The van der Waals surface area contributed by atoms with Crippen molar-refractivity contribution in [3.63, 3.8) is 0 Å². The molecule has 1 N–H and O–H groups in total. The largest absolute Gasteiger partial charge is 0.307 e. The fraction of sp³-hybridized carbons (Fsp3) is 0.308. The van der Waals surface area contributed by atoms with E-state index in [1.807, 2.05) is 18.2 Å². The van der Waals surface area contributed by atoms with E-state index < -0.39 is 0 Å². The lowest BCUT2D eigenvalue weighted by Crippen LogP contribution is -2.11. The summed E-state index contributed by atoms with van der Waals surface area (Å²) in [5.74, 6) is 6.22. The van der Waals surface area contributed by atoms with E-state index in [2.05, 4.69) is 35.1 Å². The molecule has 0 saturated carbocycles. The molecule has 0 amide bonds. The maximum absolute atomic E-state index is 4.53. The summed E-state index contributed by atoms with van der Waals surface area (Å²) in [6.45, 7) is 3.81. The fourth-order valence-electron chi connectivity index (χ4n) is 1.38. The van der Waals surface area contributed by atoms with E-state index in [0.29, 0.717) is 0 Å². The van der Waals surface area contributed by atoms with Gasteiger partial charge in [-0.15, -0.1) is 11.3 Å². The molecule has 0 atom stereocenters. The van der Waals surface area contributed by atoms with Crippen molar-refractivity contribution in [1.29, 1.82) is 0 Å². The van der Waals surface area contributed by atoms with E-state index in [9.17, 15) is 0 Å². The third kappa shape index (κ3) is 2.82. The van der Waals surface area contributed by atoms with Crippen LogP contribution in [0.1, 0.15) is 11.9 Å². The van der Waals surface area contributed by atoms with Crippen LogP contribution in [0.15, 0.2) is 24.3 Å². The highest BCUT2D eigenvalue weighted by atomic mass is 32.1. The number of nitrogens with zero attached hydrogens (tertiary/aromatic N) is 1. The number of aromatic nitrogens is 1. The van der Waals surface area contributed by atoms with Crippen molar-refractivity contribution in [1.82, 2.24) is 10.3 Å². The van der Waals surface area contributed by atoms with Gasteiger partial charge in [0.25, 0.3) is 0 Å². The number of fused-ring (bicyclic) bond motifs is 1. The highest BCUT2D eigenvalue weighted by Crippen LogP contribution is 2.21. The van der Waals surface area contributed by atoms with Crippen molar-refractivity contribution in [3.8, 4) is 11.8 Å². The van der Waals surface area contributed by atoms with Crippen LogP contribution in [0.25, 0.3) is 10.2 Å². The lowest BCUT2D eigenvalue weighted by Gasteiger charge is -1.88. The zero-order valence-electron chi connectivity index (χ0n) is 9.29. The molecule has 0 aliphatic carbocycles. The van der Waals surface area contributed by atoms with E-state index in [4.69, 9.17) is 0 Å². The molecule has 2 rings (SSSR count). The Hall–Kier alpha value is -1.37. The number of hydrogen-bond acceptors (Lipinski definition) is 3. The first kappa shape index (κ1) is 11.1. The Labute approximate surface area is 99.7 Å². The first-order valence-corrected chi connectivity index (χ1v) is 6.22. The second-order valence-electron chi connectivity index (χ2n) is 3.39. The van der Waals surface area contributed by atoms with Crippen molar-refractivity contribution in [2.75, 3.05) is 13.1 Å². The van der Waals surface area contributed by atoms with Crippen LogP contribution in [-0.4, -0.2) is 18.1 Å². The molecule has 1 aromatic heterocycles. The fourth-order valence-corrected chi connectivity index (χ4v) is 2.29. The average Bonchev–Trinajstić information content (AvgIpc) is 2.71. The van der Waals surface area contributed by atoms with Gasteiger partial charge in [-0.3, -0.25) is 0 Å². The molecule has 0 aliphatic rings. The summed E-state index contributed by atoms with van der Waals surface area (Å²) >= 11 is 1.73. The zero-order valence-corrected chi connectivity index (χ0v) is 10.1. The van der Waals surface area contributed by atoms with Gasteiger partial charge in [0, 0.05) is 0 Å². The molecule has 2 aromatic rings. The van der Waals surface area contributed by atoms with Crippen molar-refractivity contribution in [3.05, 3.63) is 29.3 Å². The molecular formula is C13H14N2S. The van der Waals surface area contributed by atoms with Gasteiger partial charge in [0.1, 0.15) is 5.01 Å². The lowest BCUT2D eigenvalue weighted by atomic mass is 10.3. The van der Waals surface area contributed by atoms with Gasteiger partial charge >= 0.3 is 0 Å². The molecule has 16 heavy (non-hydrogen) atoms. The van der Waals surface area contributed by atoms with E-state index in [1.165, 1.54) is 4.70 Å². The van der Waals surface area contributed by atoms with E-state index in [-0.39, 0.29) is 0 Å². The second kappa shape index (κ2) is 5.64. The van der Waals surface area contributed by atoms with Crippen molar-refractivity contribution >= 4 is 21.6 Å². The van der Waals surface area contributed by atoms with Crippen LogP contribution in [-0.2, 0) is 6.42 Å². The van der Waals surface area contributed by atoms with Gasteiger partial charge in [-0.1, -0.05) is 30.9 Å². The molecule has 1 heterocycles. The zero-order chi connectivity index (χ0) is 11.2. The summed E-state index contributed by atoms with van der Waals surface area (Å²) in [5.41, 5.74) is 1.08. The topological polar surface area (TPSA) is 24.9 Å².